The number of aromatic nitrogens is 3. The summed E-state index contributed by atoms with van der Waals surface area (Å²) in [5.74, 6) is 0. The van der Waals surface area contributed by atoms with Crippen LogP contribution in [0, 0.1) is 0 Å². The van der Waals surface area contributed by atoms with Crippen molar-refractivity contribution in [2.75, 3.05) is 10.6 Å². The Labute approximate surface area is 186 Å². The number of pyridine rings is 2. The van der Waals surface area contributed by atoms with Crippen molar-refractivity contribution in [1.82, 2.24) is 15.0 Å². The highest BCUT2D eigenvalue weighted by Crippen LogP contribution is 2.35. The number of rotatable bonds is 4. The highest BCUT2D eigenvalue weighted by molar-refractivity contribution is 6.31. The minimum atomic E-state index is -4.54. The van der Waals surface area contributed by atoms with Crippen molar-refractivity contribution in [2.45, 2.75) is 43.9 Å². The van der Waals surface area contributed by atoms with Crippen LogP contribution < -0.4 is 10.6 Å². The number of hydrogen-bond acceptors (Lipinski definition) is 6. The van der Waals surface area contributed by atoms with E-state index in [1.807, 2.05) is 0 Å². The van der Waals surface area contributed by atoms with E-state index < -0.39 is 11.9 Å². The van der Waals surface area contributed by atoms with Crippen molar-refractivity contribution in [3.63, 3.8) is 0 Å². The molecule has 1 fully saturated rings. The molecule has 166 valence electrons. The molecular weight excluding hydrogens is 443 g/mol. The Morgan fingerprint density at radius 1 is 1.03 bits per heavy atom. The van der Waals surface area contributed by atoms with E-state index in [-0.39, 0.29) is 17.6 Å². The zero-order valence-corrected chi connectivity index (χ0v) is 17.5. The maximum atomic E-state index is 13.4. The lowest BCUT2D eigenvalue weighted by Gasteiger charge is -2.31. The fourth-order valence-corrected chi connectivity index (χ4v) is 4.31. The standard InChI is InChI=1S/C22H19ClF3N5O/c23-12-6-7-16-15(9-12)17(11-19(30-16)22(24,25)26)28-13-3-1-4-14(10-13)29-21-31-20-18(32-21)5-2-8-27-20/h2,5-9,11,13-14H,1,3-4,10H2,(H,28,30)(H,27,29,31)/t13-,14+/m0/s1. The summed E-state index contributed by atoms with van der Waals surface area (Å²) in [5, 5.41) is 7.60. The summed E-state index contributed by atoms with van der Waals surface area (Å²) >= 11 is 6.10. The summed E-state index contributed by atoms with van der Waals surface area (Å²) < 4.78 is 45.9. The summed E-state index contributed by atoms with van der Waals surface area (Å²) in [4.78, 5) is 12.3. The van der Waals surface area contributed by atoms with Gasteiger partial charge in [-0.15, -0.1) is 0 Å². The first-order chi connectivity index (χ1) is 15.3. The lowest BCUT2D eigenvalue weighted by molar-refractivity contribution is -0.140. The molecule has 1 saturated carbocycles. The van der Waals surface area contributed by atoms with E-state index >= 15 is 0 Å². The fraction of sp³-hybridized carbons (Fsp3) is 0.318. The van der Waals surface area contributed by atoms with Gasteiger partial charge in [0.1, 0.15) is 5.69 Å². The van der Waals surface area contributed by atoms with Crippen LogP contribution in [0.3, 0.4) is 0 Å². The summed E-state index contributed by atoms with van der Waals surface area (Å²) in [6.07, 6.45) is 0.444. The Morgan fingerprint density at radius 2 is 1.84 bits per heavy atom. The number of oxazole rings is 1. The van der Waals surface area contributed by atoms with Crippen LogP contribution in [-0.4, -0.2) is 27.0 Å². The number of anilines is 2. The number of nitrogens with one attached hydrogen (secondary N) is 2. The van der Waals surface area contributed by atoms with Crippen molar-refractivity contribution in [2.24, 2.45) is 0 Å². The Morgan fingerprint density at radius 3 is 2.62 bits per heavy atom. The SMILES string of the molecule is FC(F)(F)c1cc(N[C@H]2CCC[C@@H](Nc3nc4ncccc4o3)C2)c2cc(Cl)ccc2n1. The summed E-state index contributed by atoms with van der Waals surface area (Å²) in [5.41, 5.74) is 0.817. The van der Waals surface area contributed by atoms with Crippen LogP contribution in [0.1, 0.15) is 31.4 Å². The summed E-state index contributed by atoms with van der Waals surface area (Å²) in [6.45, 7) is 0. The number of nitrogens with zero attached hydrogens (tertiary/aromatic N) is 3. The molecule has 0 radical (unpaired) electrons. The quantitative estimate of drug-likeness (QED) is 0.372. The third-order valence-corrected chi connectivity index (χ3v) is 5.82. The van der Waals surface area contributed by atoms with Crippen molar-refractivity contribution in [3.05, 3.63) is 53.3 Å². The molecule has 5 rings (SSSR count). The summed E-state index contributed by atoms with van der Waals surface area (Å²) in [7, 11) is 0. The van der Waals surface area contributed by atoms with E-state index in [1.54, 1.807) is 24.4 Å². The molecule has 0 amide bonds. The molecule has 3 heterocycles. The van der Waals surface area contributed by atoms with E-state index in [1.165, 1.54) is 12.1 Å². The molecule has 1 aliphatic carbocycles. The predicted molar refractivity (Wildman–Crippen MR) is 117 cm³/mol. The molecule has 0 aliphatic heterocycles. The maximum Gasteiger partial charge on any atom is 0.433 e. The van der Waals surface area contributed by atoms with E-state index in [2.05, 4.69) is 25.6 Å². The zero-order valence-electron chi connectivity index (χ0n) is 16.8. The van der Waals surface area contributed by atoms with E-state index in [0.29, 0.717) is 39.8 Å². The van der Waals surface area contributed by atoms with Gasteiger partial charge in [0.05, 0.1) is 5.52 Å². The molecule has 3 aromatic heterocycles. The topological polar surface area (TPSA) is 75.9 Å². The maximum absolute atomic E-state index is 13.4. The molecule has 2 atom stereocenters. The number of hydrogen-bond donors (Lipinski definition) is 2. The highest BCUT2D eigenvalue weighted by atomic mass is 35.5. The summed E-state index contributed by atoms with van der Waals surface area (Å²) in [6, 6.07) is 9.73. The molecule has 1 aliphatic rings. The average Bonchev–Trinajstić information content (AvgIpc) is 3.16. The van der Waals surface area contributed by atoms with Crippen LogP contribution in [0.5, 0.6) is 0 Å². The second kappa shape index (κ2) is 8.12. The third-order valence-electron chi connectivity index (χ3n) is 5.59. The van der Waals surface area contributed by atoms with Gasteiger partial charge in [0.2, 0.25) is 5.65 Å². The van der Waals surface area contributed by atoms with E-state index in [9.17, 15) is 13.2 Å². The molecule has 32 heavy (non-hydrogen) atoms. The van der Waals surface area contributed by atoms with Gasteiger partial charge in [0.25, 0.3) is 6.01 Å². The van der Waals surface area contributed by atoms with E-state index in [4.69, 9.17) is 16.0 Å². The Bertz CT molecular complexity index is 1240. The number of benzene rings is 1. The molecule has 10 heteroatoms. The Hall–Kier alpha value is -3.07. The van der Waals surface area contributed by atoms with Crippen LogP contribution in [0.25, 0.3) is 22.1 Å². The van der Waals surface area contributed by atoms with Gasteiger partial charge in [-0.2, -0.15) is 18.2 Å². The van der Waals surface area contributed by atoms with E-state index in [0.717, 1.165) is 25.3 Å². The first-order valence-corrected chi connectivity index (χ1v) is 10.6. The van der Waals surface area contributed by atoms with Crippen LogP contribution >= 0.6 is 11.6 Å². The molecular formula is C22H19ClF3N5O. The lowest BCUT2D eigenvalue weighted by Crippen LogP contribution is -2.34. The van der Waals surface area contributed by atoms with Crippen LogP contribution in [0.15, 0.2) is 47.0 Å². The minimum Gasteiger partial charge on any atom is -0.422 e. The van der Waals surface area contributed by atoms with Gasteiger partial charge in [0, 0.05) is 34.4 Å². The largest absolute Gasteiger partial charge is 0.433 e. The average molecular weight is 462 g/mol. The number of fused-ring (bicyclic) bond motifs is 2. The first kappa shape index (κ1) is 20.8. The lowest BCUT2D eigenvalue weighted by atomic mass is 9.90. The van der Waals surface area contributed by atoms with Crippen LogP contribution in [-0.2, 0) is 6.18 Å². The Balaban J connectivity index is 1.37. The molecule has 0 saturated heterocycles. The number of halogens is 4. The second-order valence-electron chi connectivity index (χ2n) is 7.91. The molecule has 0 spiro atoms. The van der Waals surface area contributed by atoms with Gasteiger partial charge in [0.15, 0.2) is 5.58 Å². The van der Waals surface area contributed by atoms with Crippen molar-refractivity contribution in [1.29, 1.82) is 0 Å². The second-order valence-corrected chi connectivity index (χ2v) is 8.34. The Kier molecular flexibility index (Phi) is 5.28. The first-order valence-electron chi connectivity index (χ1n) is 10.3. The van der Waals surface area contributed by atoms with Gasteiger partial charge in [-0.3, -0.25) is 0 Å². The van der Waals surface area contributed by atoms with Gasteiger partial charge >= 0.3 is 6.18 Å². The minimum absolute atomic E-state index is 0.0329. The highest BCUT2D eigenvalue weighted by Gasteiger charge is 2.34. The monoisotopic (exact) mass is 461 g/mol. The molecule has 0 unspecified atom stereocenters. The van der Waals surface area contributed by atoms with Crippen LogP contribution in [0.4, 0.5) is 24.9 Å². The molecule has 0 bridgehead atoms. The molecule has 4 aromatic rings. The van der Waals surface area contributed by atoms with Gasteiger partial charge < -0.3 is 15.1 Å². The molecule has 2 N–H and O–H groups in total. The van der Waals surface area contributed by atoms with Crippen molar-refractivity contribution in [3.8, 4) is 0 Å². The molecule has 1 aromatic carbocycles. The zero-order chi connectivity index (χ0) is 22.3. The van der Waals surface area contributed by atoms with Crippen molar-refractivity contribution >= 4 is 45.4 Å². The fourth-order valence-electron chi connectivity index (χ4n) is 4.14. The number of alkyl halides is 3. The predicted octanol–water partition coefficient (Wildman–Crippen LogP) is 6.28. The normalized spacial score (nSPS) is 19.4. The smallest absolute Gasteiger partial charge is 0.422 e. The van der Waals surface area contributed by atoms with Crippen LogP contribution in [0.2, 0.25) is 5.02 Å². The van der Waals surface area contributed by atoms with Gasteiger partial charge in [-0.1, -0.05) is 11.6 Å². The van der Waals surface area contributed by atoms with Gasteiger partial charge in [-0.25, -0.2) is 9.97 Å². The molecule has 6 nitrogen and oxygen atoms in total. The van der Waals surface area contributed by atoms with Crippen molar-refractivity contribution < 1.29 is 17.6 Å². The van der Waals surface area contributed by atoms with Gasteiger partial charge in [-0.05, 0) is 62.1 Å². The third kappa shape index (κ3) is 4.29.